The topological polar surface area (TPSA) is 81.9 Å². The van der Waals surface area contributed by atoms with Crippen molar-refractivity contribution < 1.29 is 14.0 Å². The molecule has 35 heavy (non-hydrogen) atoms. The van der Waals surface area contributed by atoms with Crippen molar-refractivity contribution in [2.75, 3.05) is 56.5 Å². The van der Waals surface area contributed by atoms with Crippen molar-refractivity contribution in [3.8, 4) is 0 Å². The molecule has 1 N–H and O–H groups in total. The van der Waals surface area contributed by atoms with Gasteiger partial charge in [-0.1, -0.05) is 6.92 Å². The molecule has 2 amide bonds. The van der Waals surface area contributed by atoms with E-state index >= 15 is 0 Å². The minimum absolute atomic E-state index is 0.0271. The van der Waals surface area contributed by atoms with E-state index in [0.29, 0.717) is 48.7 Å². The molecule has 3 aromatic rings. The predicted molar refractivity (Wildman–Crippen MR) is 137 cm³/mol. The Kier molecular flexibility index (Phi) is 6.23. The van der Waals surface area contributed by atoms with Gasteiger partial charge in [0.05, 0.1) is 5.41 Å². The third-order valence-corrected chi connectivity index (χ3v) is 7.44. The number of piperidine rings is 1. The van der Waals surface area contributed by atoms with Crippen molar-refractivity contribution in [3.63, 3.8) is 0 Å². The zero-order chi connectivity index (χ0) is 24.6. The van der Waals surface area contributed by atoms with Gasteiger partial charge in [-0.05, 0) is 62.4 Å². The molecule has 8 heteroatoms. The van der Waals surface area contributed by atoms with E-state index in [0.717, 1.165) is 37.4 Å². The normalized spacial score (nSPS) is 18.6. The number of aromatic nitrogens is 1. The van der Waals surface area contributed by atoms with Crippen LogP contribution in [0.25, 0.3) is 11.1 Å². The van der Waals surface area contributed by atoms with Gasteiger partial charge in [-0.25, -0.2) is 4.98 Å². The lowest BCUT2D eigenvalue weighted by Gasteiger charge is -2.38. The zero-order valence-corrected chi connectivity index (χ0v) is 20.7. The highest BCUT2D eigenvalue weighted by atomic mass is 16.3. The Bertz CT molecular complexity index is 1220. The van der Waals surface area contributed by atoms with Crippen LogP contribution < -0.4 is 10.2 Å². The van der Waals surface area contributed by atoms with Crippen LogP contribution in [0.1, 0.15) is 36.0 Å². The molecule has 8 nitrogen and oxygen atoms in total. The Labute approximate surface area is 205 Å². The number of nitrogens with zero attached hydrogens (tertiary/aromatic N) is 4. The van der Waals surface area contributed by atoms with Crippen LogP contribution in [-0.4, -0.2) is 72.9 Å². The molecule has 2 fully saturated rings. The predicted octanol–water partition coefficient (Wildman–Crippen LogP) is 3.77. The largest absolute Gasteiger partial charge is 0.441 e. The number of likely N-dealkylation sites (tertiary alicyclic amines) is 1. The number of nitrogens with one attached hydrogen (secondary N) is 1. The monoisotopic (exact) mass is 475 g/mol. The van der Waals surface area contributed by atoms with Crippen LogP contribution in [0.2, 0.25) is 0 Å². The van der Waals surface area contributed by atoms with Crippen LogP contribution >= 0.6 is 0 Å². The van der Waals surface area contributed by atoms with Crippen molar-refractivity contribution in [3.05, 3.63) is 53.9 Å². The van der Waals surface area contributed by atoms with Gasteiger partial charge in [0.2, 0.25) is 5.91 Å². The first-order chi connectivity index (χ1) is 16.8. The Hall–Kier alpha value is -3.39. The average molecular weight is 476 g/mol. The number of benzene rings is 2. The van der Waals surface area contributed by atoms with E-state index in [-0.39, 0.29) is 11.8 Å². The Morgan fingerprint density at radius 2 is 1.66 bits per heavy atom. The van der Waals surface area contributed by atoms with Gasteiger partial charge in [0.15, 0.2) is 11.5 Å². The molecule has 184 valence electrons. The van der Waals surface area contributed by atoms with E-state index in [2.05, 4.69) is 27.1 Å². The van der Waals surface area contributed by atoms with Gasteiger partial charge in [-0.2, -0.15) is 0 Å². The number of hydrogen-bond acceptors (Lipinski definition) is 6. The average Bonchev–Trinajstić information content (AvgIpc) is 3.24. The van der Waals surface area contributed by atoms with Gasteiger partial charge in [-0.15, -0.1) is 0 Å². The molecule has 2 aliphatic heterocycles. The lowest BCUT2D eigenvalue weighted by Crippen LogP contribution is -2.47. The van der Waals surface area contributed by atoms with Gasteiger partial charge in [0.1, 0.15) is 5.52 Å². The molecule has 3 heterocycles. The minimum atomic E-state index is -0.531. The molecule has 2 saturated heterocycles. The highest BCUT2D eigenvalue weighted by Gasteiger charge is 2.38. The molecular formula is C27H33N5O3. The fourth-order valence-corrected chi connectivity index (χ4v) is 4.89. The van der Waals surface area contributed by atoms with Crippen LogP contribution in [0.5, 0.6) is 0 Å². The molecule has 1 aromatic heterocycles. The second-order valence-corrected chi connectivity index (χ2v) is 10.1. The number of piperazine rings is 1. The first-order valence-corrected chi connectivity index (χ1v) is 12.3. The van der Waals surface area contributed by atoms with Gasteiger partial charge >= 0.3 is 0 Å². The van der Waals surface area contributed by atoms with E-state index in [1.165, 1.54) is 0 Å². The Morgan fingerprint density at radius 3 is 2.34 bits per heavy atom. The summed E-state index contributed by atoms with van der Waals surface area (Å²) in [4.78, 5) is 37.1. The number of likely N-dealkylation sites (N-methyl/N-ethyl adjacent to an activating group) is 1. The molecule has 2 aliphatic rings. The zero-order valence-electron chi connectivity index (χ0n) is 20.7. The number of hydrogen-bond donors (Lipinski definition) is 1. The molecule has 5 rings (SSSR count). The van der Waals surface area contributed by atoms with E-state index in [4.69, 9.17) is 4.42 Å². The second kappa shape index (κ2) is 9.34. The smallest absolute Gasteiger partial charge is 0.253 e. The molecule has 0 unspecified atom stereocenters. The summed E-state index contributed by atoms with van der Waals surface area (Å²) in [6.07, 6.45) is 1.24. The fraction of sp³-hybridized carbons (Fsp3) is 0.444. The number of aryl methyl sites for hydroxylation is 1. The van der Waals surface area contributed by atoms with Gasteiger partial charge in [0.25, 0.3) is 5.91 Å². The summed E-state index contributed by atoms with van der Waals surface area (Å²) < 4.78 is 5.51. The number of rotatable bonds is 4. The summed E-state index contributed by atoms with van der Waals surface area (Å²) in [5.74, 6) is 0.603. The molecule has 0 bridgehead atoms. The summed E-state index contributed by atoms with van der Waals surface area (Å²) in [5, 5.41) is 3.04. The molecule has 0 spiro atoms. The van der Waals surface area contributed by atoms with E-state index in [1.807, 2.05) is 54.3 Å². The lowest BCUT2D eigenvalue weighted by atomic mass is 9.79. The third kappa shape index (κ3) is 4.89. The number of carbonyl (C=O) groups excluding carboxylic acids is 2. The maximum Gasteiger partial charge on any atom is 0.253 e. The Morgan fingerprint density at radius 1 is 0.971 bits per heavy atom. The molecular weight excluding hydrogens is 442 g/mol. The first kappa shape index (κ1) is 23.4. The number of carbonyl (C=O) groups is 2. The maximum atomic E-state index is 13.1. The summed E-state index contributed by atoms with van der Waals surface area (Å²) >= 11 is 0. The quantitative estimate of drug-likeness (QED) is 0.619. The number of amides is 2. The lowest BCUT2D eigenvalue weighted by molar-refractivity contribution is -0.127. The van der Waals surface area contributed by atoms with Crippen molar-refractivity contribution in [1.82, 2.24) is 14.8 Å². The molecule has 0 atom stereocenters. The molecule has 2 aromatic carbocycles. The Balaban J connectivity index is 1.17. The third-order valence-electron chi connectivity index (χ3n) is 7.44. The van der Waals surface area contributed by atoms with E-state index in [1.54, 1.807) is 6.92 Å². The second-order valence-electron chi connectivity index (χ2n) is 10.1. The van der Waals surface area contributed by atoms with E-state index in [9.17, 15) is 9.59 Å². The van der Waals surface area contributed by atoms with Gasteiger partial charge in [0, 0.05) is 63.1 Å². The summed E-state index contributed by atoms with van der Waals surface area (Å²) in [7, 11) is 2.14. The minimum Gasteiger partial charge on any atom is -0.441 e. The molecule has 0 saturated carbocycles. The number of oxazole rings is 1. The van der Waals surface area contributed by atoms with Crippen LogP contribution in [-0.2, 0) is 4.79 Å². The maximum absolute atomic E-state index is 13.1. The fourth-order valence-electron chi connectivity index (χ4n) is 4.89. The SMILES string of the molecule is Cc1nc2cc(NC(=O)C3(C)CCN(C(=O)c4ccc(N5CCN(C)CC5)cc4)CC3)ccc2o1. The van der Waals surface area contributed by atoms with Crippen molar-refractivity contribution in [2.45, 2.75) is 26.7 Å². The van der Waals surface area contributed by atoms with Crippen LogP contribution in [0.15, 0.2) is 46.9 Å². The summed E-state index contributed by atoms with van der Waals surface area (Å²) in [6, 6.07) is 13.4. The number of anilines is 2. The van der Waals surface area contributed by atoms with Crippen LogP contribution in [0, 0.1) is 12.3 Å². The van der Waals surface area contributed by atoms with Crippen molar-refractivity contribution >= 4 is 34.3 Å². The van der Waals surface area contributed by atoms with Crippen molar-refractivity contribution in [2.24, 2.45) is 5.41 Å². The summed E-state index contributed by atoms with van der Waals surface area (Å²) in [5.41, 5.74) is 3.47. The highest BCUT2D eigenvalue weighted by Crippen LogP contribution is 2.33. The standard InChI is InChI=1S/C27H33N5O3/c1-19-28-23-18-21(6-9-24(23)35-19)29-26(34)27(2)10-12-32(13-11-27)25(33)20-4-7-22(8-5-20)31-16-14-30(3)15-17-31/h4-9,18H,10-17H2,1-3H3,(H,29,34). The number of fused-ring (bicyclic) bond motifs is 1. The summed E-state index contributed by atoms with van der Waals surface area (Å²) in [6.45, 7) is 9.01. The van der Waals surface area contributed by atoms with Gasteiger partial charge < -0.3 is 24.4 Å². The highest BCUT2D eigenvalue weighted by molar-refractivity contribution is 5.97. The van der Waals surface area contributed by atoms with Crippen LogP contribution in [0.3, 0.4) is 0 Å². The molecule has 0 aliphatic carbocycles. The van der Waals surface area contributed by atoms with Gasteiger partial charge in [-0.3, -0.25) is 9.59 Å². The van der Waals surface area contributed by atoms with Crippen LogP contribution in [0.4, 0.5) is 11.4 Å². The van der Waals surface area contributed by atoms with Crippen molar-refractivity contribution in [1.29, 1.82) is 0 Å². The van der Waals surface area contributed by atoms with E-state index < -0.39 is 5.41 Å². The first-order valence-electron chi connectivity index (χ1n) is 12.3. The molecule has 0 radical (unpaired) electrons.